The summed E-state index contributed by atoms with van der Waals surface area (Å²) in [4.78, 5) is 4.33. The average Bonchev–Trinajstić information content (AvgIpc) is 2.88. The molecule has 0 atom stereocenters. The summed E-state index contributed by atoms with van der Waals surface area (Å²) in [5, 5.41) is 6.79. The zero-order valence-electron chi connectivity index (χ0n) is 7.75. The first-order chi connectivity index (χ1) is 6.31. The summed E-state index contributed by atoms with van der Waals surface area (Å²) >= 11 is 0. The van der Waals surface area contributed by atoms with E-state index >= 15 is 0 Å². The van der Waals surface area contributed by atoms with Gasteiger partial charge in [-0.05, 0) is 19.3 Å². The quantitative estimate of drug-likeness (QED) is 0.542. The molecule has 0 aromatic carbocycles. The van der Waals surface area contributed by atoms with E-state index in [1.807, 2.05) is 0 Å². The molecule has 13 heavy (non-hydrogen) atoms. The normalized spacial score (nSPS) is 17.8. The van der Waals surface area contributed by atoms with E-state index in [-0.39, 0.29) is 0 Å². The van der Waals surface area contributed by atoms with Crippen LogP contribution < -0.4 is 5.73 Å². The summed E-state index contributed by atoms with van der Waals surface area (Å²) in [6.45, 7) is 2.08. The van der Waals surface area contributed by atoms with Crippen molar-refractivity contribution in [2.24, 2.45) is 16.6 Å². The van der Waals surface area contributed by atoms with Crippen LogP contribution in [0.5, 0.6) is 0 Å². The largest absolute Gasteiger partial charge is 0.387 e. The van der Waals surface area contributed by atoms with Crippen LogP contribution in [0.2, 0.25) is 0 Å². The number of aliphatic imine (C=N–C) groups is 1. The SMILES string of the molecule is CCc1cn[nH]c1N=C(N)C1CC1. The number of H-pyrrole nitrogens is 1. The van der Waals surface area contributed by atoms with Crippen LogP contribution in [-0.2, 0) is 6.42 Å². The summed E-state index contributed by atoms with van der Waals surface area (Å²) in [5.74, 6) is 2.10. The van der Waals surface area contributed by atoms with Gasteiger partial charge in [0, 0.05) is 11.5 Å². The number of aromatic nitrogens is 2. The Labute approximate surface area is 77.2 Å². The Bertz CT molecular complexity index is 322. The van der Waals surface area contributed by atoms with Crippen LogP contribution in [0.3, 0.4) is 0 Å². The minimum Gasteiger partial charge on any atom is -0.387 e. The highest BCUT2D eigenvalue weighted by molar-refractivity contribution is 5.87. The second-order valence-corrected chi connectivity index (χ2v) is 3.41. The lowest BCUT2D eigenvalue weighted by Gasteiger charge is -1.96. The van der Waals surface area contributed by atoms with E-state index < -0.39 is 0 Å². The van der Waals surface area contributed by atoms with Crippen LogP contribution in [0.4, 0.5) is 5.82 Å². The maximum atomic E-state index is 5.80. The maximum Gasteiger partial charge on any atom is 0.153 e. The summed E-state index contributed by atoms with van der Waals surface area (Å²) in [5.41, 5.74) is 6.92. The van der Waals surface area contributed by atoms with Crippen LogP contribution in [-0.4, -0.2) is 16.0 Å². The second-order valence-electron chi connectivity index (χ2n) is 3.41. The minimum absolute atomic E-state index is 0.521. The summed E-state index contributed by atoms with van der Waals surface area (Å²) in [7, 11) is 0. The van der Waals surface area contributed by atoms with Gasteiger partial charge in [-0.3, -0.25) is 5.10 Å². The molecule has 0 saturated heterocycles. The van der Waals surface area contributed by atoms with E-state index in [4.69, 9.17) is 5.73 Å². The van der Waals surface area contributed by atoms with Crippen LogP contribution in [0.15, 0.2) is 11.2 Å². The first kappa shape index (κ1) is 8.29. The first-order valence-corrected chi connectivity index (χ1v) is 4.67. The smallest absolute Gasteiger partial charge is 0.153 e. The number of aromatic amines is 1. The fourth-order valence-corrected chi connectivity index (χ4v) is 1.26. The zero-order valence-corrected chi connectivity index (χ0v) is 7.75. The van der Waals surface area contributed by atoms with Crippen molar-refractivity contribution in [1.29, 1.82) is 0 Å². The average molecular weight is 178 g/mol. The standard InChI is InChI=1S/C9H14N4/c1-2-6-5-11-13-9(6)12-8(10)7-3-4-7/h5,7H,2-4H2,1H3,(H3,10,11,12,13). The van der Waals surface area contributed by atoms with E-state index in [9.17, 15) is 0 Å². The highest BCUT2D eigenvalue weighted by atomic mass is 15.2. The predicted molar refractivity (Wildman–Crippen MR) is 52.0 cm³/mol. The molecule has 1 aliphatic carbocycles. The Kier molecular flexibility index (Phi) is 2.04. The molecule has 0 spiro atoms. The van der Waals surface area contributed by atoms with Crippen molar-refractivity contribution in [3.63, 3.8) is 0 Å². The van der Waals surface area contributed by atoms with E-state index in [1.54, 1.807) is 6.20 Å². The van der Waals surface area contributed by atoms with Crippen molar-refractivity contribution in [1.82, 2.24) is 10.2 Å². The number of hydrogen-bond donors (Lipinski definition) is 2. The minimum atomic E-state index is 0.521. The Morgan fingerprint density at radius 3 is 3.15 bits per heavy atom. The summed E-state index contributed by atoms with van der Waals surface area (Å²) < 4.78 is 0. The van der Waals surface area contributed by atoms with Crippen molar-refractivity contribution in [2.75, 3.05) is 0 Å². The van der Waals surface area contributed by atoms with E-state index in [0.29, 0.717) is 5.92 Å². The van der Waals surface area contributed by atoms with Crippen molar-refractivity contribution in [2.45, 2.75) is 26.2 Å². The van der Waals surface area contributed by atoms with Crippen LogP contribution in [0.1, 0.15) is 25.3 Å². The van der Waals surface area contributed by atoms with Gasteiger partial charge in [0.05, 0.1) is 6.20 Å². The van der Waals surface area contributed by atoms with Crippen LogP contribution in [0, 0.1) is 5.92 Å². The van der Waals surface area contributed by atoms with Gasteiger partial charge in [0.25, 0.3) is 0 Å². The third-order valence-electron chi connectivity index (χ3n) is 2.31. The topological polar surface area (TPSA) is 67.1 Å². The number of rotatable bonds is 3. The molecule has 0 radical (unpaired) electrons. The third kappa shape index (κ3) is 1.71. The molecule has 1 saturated carbocycles. The molecule has 2 rings (SSSR count). The first-order valence-electron chi connectivity index (χ1n) is 4.67. The molecule has 4 heteroatoms. The van der Waals surface area contributed by atoms with Gasteiger partial charge in [-0.15, -0.1) is 0 Å². The molecular formula is C9H14N4. The zero-order chi connectivity index (χ0) is 9.26. The Hall–Kier alpha value is -1.32. The van der Waals surface area contributed by atoms with Crippen molar-refractivity contribution in [3.8, 4) is 0 Å². The lowest BCUT2D eigenvalue weighted by molar-refractivity contribution is 1.07. The van der Waals surface area contributed by atoms with Gasteiger partial charge in [-0.1, -0.05) is 6.92 Å². The number of aryl methyl sites for hydroxylation is 1. The van der Waals surface area contributed by atoms with Gasteiger partial charge in [0.2, 0.25) is 0 Å². The fourth-order valence-electron chi connectivity index (χ4n) is 1.26. The van der Waals surface area contributed by atoms with E-state index in [2.05, 4.69) is 22.1 Å². The van der Waals surface area contributed by atoms with Crippen molar-refractivity contribution in [3.05, 3.63) is 11.8 Å². The lowest BCUT2D eigenvalue weighted by atomic mass is 10.2. The molecule has 1 aliphatic rings. The molecule has 1 aromatic heterocycles. The second kappa shape index (κ2) is 3.20. The molecule has 0 aliphatic heterocycles. The van der Waals surface area contributed by atoms with Gasteiger partial charge in [-0.2, -0.15) is 5.10 Å². The van der Waals surface area contributed by atoms with Gasteiger partial charge in [-0.25, -0.2) is 4.99 Å². The predicted octanol–water partition coefficient (Wildman–Crippen LogP) is 1.37. The maximum absolute atomic E-state index is 5.80. The molecule has 0 amide bonds. The van der Waals surface area contributed by atoms with Crippen molar-refractivity contribution >= 4 is 11.7 Å². The highest BCUT2D eigenvalue weighted by Crippen LogP contribution is 2.30. The van der Waals surface area contributed by atoms with Crippen molar-refractivity contribution < 1.29 is 0 Å². The Morgan fingerprint density at radius 2 is 2.54 bits per heavy atom. The molecule has 4 nitrogen and oxygen atoms in total. The van der Waals surface area contributed by atoms with Gasteiger partial charge < -0.3 is 5.73 Å². The van der Waals surface area contributed by atoms with Gasteiger partial charge in [0.1, 0.15) is 5.84 Å². The van der Waals surface area contributed by atoms with Crippen LogP contribution >= 0.6 is 0 Å². The summed E-state index contributed by atoms with van der Waals surface area (Å²) in [6, 6.07) is 0. The van der Waals surface area contributed by atoms with Gasteiger partial charge in [0.15, 0.2) is 5.82 Å². The fraction of sp³-hybridized carbons (Fsp3) is 0.556. The number of hydrogen-bond acceptors (Lipinski definition) is 2. The molecule has 0 unspecified atom stereocenters. The van der Waals surface area contributed by atoms with E-state index in [0.717, 1.165) is 23.6 Å². The highest BCUT2D eigenvalue weighted by Gasteiger charge is 2.25. The number of amidine groups is 1. The van der Waals surface area contributed by atoms with Gasteiger partial charge >= 0.3 is 0 Å². The number of nitrogens with one attached hydrogen (secondary N) is 1. The molecule has 70 valence electrons. The number of nitrogens with zero attached hydrogens (tertiary/aromatic N) is 2. The summed E-state index contributed by atoms with van der Waals surface area (Å²) in [6.07, 6.45) is 5.11. The molecule has 0 bridgehead atoms. The molecular weight excluding hydrogens is 164 g/mol. The molecule has 1 aromatic rings. The third-order valence-corrected chi connectivity index (χ3v) is 2.31. The lowest BCUT2D eigenvalue weighted by Crippen LogP contribution is -2.13. The molecule has 1 heterocycles. The Balaban J connectivity index is 2.19. The number of nitrogens with two attached hydrogens (primary N) is 1. The van der Waals surface area contributed by atoms with Crippen LogP contribution in [0.25, 0.3) is 0 Å². The Morgan fingerprint density at radius 1 is 1.77 bits per heavy atom. The molecule has 1 fully saturated rings. The van der Waals surface area contributed by atoms with E-state index in [1.165, 1.54) is 12.8 Å². The monoisotopic (exact) mass is 178 g/mol. The molecule has 3 N–H and O–H groups in total.